The summed E-state index contributed by atoms with van der Waals surface area (Å²) in [6.45, 7) is 8.66. The van der Waals surface area contributed by atoms with Crippen LogP contribution >= 0.6 is 22.7 Å². The Labute approximate surface area is 311 Å². The number of anilines is 2. The van der Waals surface area contributed by atoms with E-state index in [1.54, 1.807) is 34.1 Å². The summed E-state index contributed by atoms with van der Waals surface area (Å²) in [6, 6.07) is 37.3. The number of carbonyl (C=O) groups is 2. The van der Waals surface area contributed by atoms with Crippen molar-refractivity contribution in [3.05, 3.63) is 121 Å². The van der Waals surface area contributed by atoms with Crippen LogP contribution in [0.5, 0.6) is 11.5 Å². The number of rotatable bonds is 15. The topological polar surface area (TPSA) is 111 Å². The van der Waals surface area contributed by atoms with Gasteiger partial charge in [0.25, 0.3) is 11.8 Å². The van der Waals surface area contributed by atoms with E-state index in [-0.39, 0.29) is 11.8 Å². The van der Waals surface area contributed by atoms with E-state index in [1.807, 2.05) is 125 Å². The molecule has 0 aliphatic carbocycles. The van der Waals surface area contributed by atoms with Gasteiger partial charge in [-0.1, -0.05) is 147 Å². The third kappa shape index (κ3) is 9.06. The van der Waals surface area contributed by atoms with Crippen molar-refractivity contribution in [3.63, 3.8) is 0 Å². The predicted octanol–water partition coefficient (Wildman–Crippen LogP) is 8.30. The standard InChI is InChI=1S/C40H40N6O4S2/c1-27(2)25-45(39-43-41-35(51-39)29-17-9-5-10-18-29)37(47)33(49-31-21-13-7-14-22-31)34(50-32-23-15-8-16-24-32)38(48)46(26-28(3)4)40-44-42-36(52-40)30-19-11-6-12-20-30/h5-24,27-28,33-34H,25-26H2,1-4H3. The molecule has 4 aromatic carbocycles. The maximum absolute atomic E-state index is 15.1. The van der Waals surface area contributed by atoms with E-state index < -0.39 is 24.0 Å². The van der Waals surface area contributed by atoms with Crippen molar-refractivity contribution in [2.45, 2.75) is 39.9 Å². The second kappa shape index (κ2) is 17.2. The molecule has 0 fully saturated rings. The van der Waals surface area contributed by atoms with Crippen LogP contribution in [0.25, 0.3) is 21.1 Å². The number of para-hydroxylation sites is 2. The lowest BCUT2D eigenvalue weighted by atomic mass is 10.1. The Bertz CT molecular complexity index is 1880. The Morgan fingerprint density at radius 2 is 0.846 bits per heavy atom. The lowest BCUT2D eigenvalue weighted by molar-refractivity contribution is -0.139. The van der Waals surface area contributed by atoms with Gasteiger partial charge in [-0.25, -0.2) is 0 Å². The zero-order valence-electron chi connectivity index (χ0n) is 29.4. The molecule has 2 aromatic heterocycles. The molecule has 0 spiro atoms. The van der Waals surface area contributed by atoms with Gasteiger partial charge in [0.1, 0.15) is 21.5 Å². The molecule has 0 bridgehead atoms. The van der Waals surface area contributed by atoms with Crippen LogP contribution in [-0.4, -0.2) is 57.5 Å². The van der Waals surface area contributed by atoms with Crippen LogP contribution in [0, 0.1) is 11.8 Å². The molecule has 0 radical (unpaired) electrons. The van der Waals surface area contributed by atoms with Crippen LogP contribution in [0.15, 0.2) is 121 Å². The van der Waals surface area contributed by atoms with Gasteiger partial charge in [-0.15, -0.1) is 20.4 Å². The van der Waals surface area contributed by atoms with Gasteiger partial charge in [0.05, 0.1) is 0 Å². The third-order valence-electron chi connectivity index (χ3n) is 7.73. The molecule has 0 aliphatic heterocycles. The monoisotopic (exact) mass is 732 g/mol. The Kier molecular flexibility index (Phi) is 12.0. The van der Waals surface area contributed by atoms with Crippen molar-refractivity contribution in [3.8, 4) is 32.6 Å². The number of carbonyl (C=O) groups excluding carboxylic acids is 2. The molecule has 0 saturated heterocycles. The van der Waals surface area contributed by atoms with Crippen LogP contribution in [0.3, 0.4) is 0 Å². The largest absolute Gasteiger partial charge is 0.476 e. The van der Waals surface area contributed by atoms with Crippen LogP contribution < -0.4 is 19.3 Å². The second-order valence-electron chi connectivity index (χ2n) is 12.9. The van der Waals surface area contributed by atoms with E-state index in [9.17, 15) is 0 Å². The molecule has 2 atom stereocenters. The molecule has 2 heterocycles. The molecular formula is C40H40N6O4S2. The molecule has 2 unspecified atom stereocenters. The Hall–Kier alpha value is -5.46. The molecule has 10 nitrogen and oxygen atoms in total. The third-order valence-corrected chi connectivity index (χ3v) is 9.72. The highest BCUT2D eigenvalue weighted by Gasteiger charge is 2.44. The Morgan fingerprint density at radius 1 is 0.519 bits per heavy atom. The normalized spacial score (nSPS) is 12.3. The lowest BCUT2D eigenvalue weighted by Crippen LogP contribution is -2.57. The van der Waals surface area contributed by atoms with Gasteiger partial charge in [-0.2, -0.15) is 0 Å². The second-order valence-corrected chi connectivity index (χ2v) is 14.8. The first-order valence-electron chi connectivity index (χ1n) is 17.1. The molecule has 52 heavy (non-hydrogen) atoms. The first-order valence-corrected chi connectivity index (χ1v) is 18.7. The van der Waals surface area contributed by atoms with Crippen molar-refractivity contribution in [2.75, 3.05) is 22.9 Å². The maximum atomic E-state index is 15.1. The quantitative estimate of drug-likeness (QED) is 0.104. The number of benzene rings is 4. The number of ether oxygens (including phenoxy) is 2. The predicted molar refractivity (Wildman–Crippen MR) is 207 cm³/mol. The summed E-state index contributed by atoms with van der Waals surface area (Å²) in [4.78, 5) is 33.3. The Balaban J connectivity index is 1.45. The van der Waals surface area contributed by atoms with Crippen molar-refractivity contribution in [2.24, 2.45) is 11.8 Å². The van der Waals surface area contributed by atoms with Gasteiger partial charge in [-0.05, 0) is 36.1 Å². The minimum atomic E-state index is -1.44. The zero-order valence-corrected chi connectivity index (χ0v) is 31.0. The van der Waals surface area contributed by atoms with Crippen LogP contribution in [-0.2, 0) is 9.59 Å². The van der Waals surface area contributed by atoms with Crippen LogP contribution in [0.4, 0.5) is 10.3 Å². The zero-order chi connectivity index (χ0) is 36.5. The average molecular weight is 733 g/mol. The van der Waals surface area contributed by atoms with E-state index in [2.05, 4.69) is 20.4 Å². The van der Waals surface area contributed by atoms with E-state index in [1.165, 1.54) is 22.7 Å². The SMILES string of the molecule is CC(C)CN(C(=O)C(Oc1ccccc1)C(Oc1ccccc1)C(=O)N(CC(C)C)c1nnc(-c2ccccc2)s1)c1nnc(-c2ccccc2)s1. The molecular weight excluding hydrogens is 693 g/mol. The first-order chi connectivity index (χ1) is 25.3. The molecule has 12 heteroatoms. The van der Waals surface area contributed by atoms with Gasteiger partial charge in [0, 0.05) is 24.2 Å². The van der Waals surface area contributed by atoms with E-state index in [4.69, 9.17) is 9.47 Å². The van der Waals surface area contributed by atoms with E-state index >= 15 is 9.59 Å². The fourth-order valence-corrected chi connectivity index (χ4v) is 7.11. The van der Waals surface area contributed by atoms with Gasteiger partial charge >= 0.3 is 0 Å². The fourth-order valence-electron chi connectivity index (χ4n) is 5.38. The summed E-state index contributed by atoms with van der Waals surface area (Å²) in [5.41, 5.74) is 1.77. The molecule has 0 saturated carbocycles. The van der Waals surface area contributed by atoms with Gasteiger partial charge < -0.3 is 9.47 Å². The molecule has 0 N–H and O–H groups in total. The van der Waals surface area contributed by atoms with Crippen molar-refractivity contribution >= 4 is 44.8 Å². The highest BCUT2D eigenvalue weighted by Crippen LogP contribution is 2.33. The maximum Gasteiger partial charge on any atom is 0.274 e. The highest BCUT2D eigenvalue weighted by atomic mass is 32.1. The number of hydrogen-bond acceptors (Lipinski definition) is 10. The van der Waals surface area contributed by atoms with E-state index in [0.29, 0.717) is 44.9 Å². The smallest absolute Gasteiger partial charge is 0.274 e. The summed E-state index contributed by atoms with van der Waals surface area (Å²) in [7, 11) is 0. The summed E-state index contributed by atoms with van der Waals surface area (Å²) < 4.78 is 13.1. The highest BCUT2D eigenvalue weighted by molar-refractivity contribution is 7.19. The Morgan fingerprint density at radius 3 is 1.17 bits per heavy atom. The molecule has 266 valence electrons. The summed E-state index contributed by atoms with van der Waals surface area (Å²) >= 11 is 2.60. The number of aromatic nitrogens is 4. The molecule has 2 amide bonds. The molecule has 6 aromatic rings. The number of nitrogens with zero attached hydrogens (tertiary/aromatic N) is 6. The summed E-state index contributed by atoms with van der Waals surface area (Å²) in [5.74, 6) is -0.0854. The van der Waals surface area contributed by atoms with Gasteiger partial charge in [0.15, 0.2) is 0 Å². The minimum Gasteiger partial charge on any atom is -0.476 e. The van der Waals surface area contributed by atoms with Crippen LogP contribution in [0.1, 0.15) is 27.7 Å². The van der Waals surface area contributed by atoms with Gasteiger partial charge in [-0.3, -0.25) is 19.4 Å². The van der Waals surface area contributed by atoms with Gasteiger partial charge in [0.2, 0.25) is 22.5 Å². The first kappa shape index (κ1) is 36.3. The van der Waals surface area contributed by atoms with Crippen LogP contribution in [0.2, 0.25) is 0 Å². The number of amides is 2. The molecule has 0 aliphatic rings. The van der Waals surface area contributed by atoms with E-state index in [0.717, 1.165) is 11.1 Å². The summed E-state index contributed by atoms with van der Waals surface area (Å²) in [5, 5.41) is 19.9. The lowest BCUT2D eigenvalue weighted by Gasteiger charge is -2.33. The average Bonchev–Trinajstić information content (AvgIpc) is 3.87. The van der Waals surface area contributed by atoms with Crippen molar-refractivity contribution in [1.29, 1.82) is 0 Å². The summed E-state index contributed by atoms with van der Waals surface area (Å²) in [6.07, 6.45) is -2.87. The van der Waals surface area contributed by atoms with Crippen molar-refractivity contribution in [1.82, 2.24) is 20.4 Å². The minimum absolute atomic E-state index is 0.0461. The molecule has 6 rings (SSSR count). The number of hydrogen-bond donors (Lipinski definition) is 0. The fraction of sp³-hybridized carbons (Fsp3) is 0.250. The van der Waals surface area contributed by atoms with Crippen molar-refractivity contribution < 1.29 is 19.1 Å².